The molecular formula is C27H25F2N5O4S2. The van der Waals surface area contributed by atoms with Gasteiger partial charge in [0.1, 0.15) is 27.8 Å². The molecule has 3 aromatic rings. The van der Waals surface area contributed by atoms with Crippen molar-refractivity contribution in [2.75, 3.05) is 17.7 Å². The molecule has 0 unspecified atom stereocenters. The van der Waals surface area contributed by atoms with Gasteiger partial charge in [0.2, 0.25) is 0 Å². The Bertz CT molecular complexity index is 1430. The number of amides is 2. The van der Waals surface area contributed by atoms with E-state index in [1.165, 1.54) is 35.2 Å². The predicted octanol–water partition coefficient (Wildman–Crippen LogP) is 5.08. The molecule has 2 fully saturated rings. The quantitative estimate of drug-likeness (QED) is 0.415. The van der Waals surface area contributed by atoms with Gasteiger partial charge in [-0.2, -0.15) is 8.78 Å². The highest BCUT2D eigenvalue weighted by Crippen LogP contribution is 2.54. The molecule has 0 radical (unpaired) electrons. The van der Waals surface area contributed by atoms with Gasteiger partial charge < -0.3 is 20.1 Å². The van der Waals surface area contributed by atoms with E-state index in [0.717, 1.165) is 37.6 Å². The van der Waals surface area contributed by atoms with E-state index in [-0.39, 0.29) is 28.9 Å². The Kier molecular flexibility index (Phi) is 7.27. The number of amidine groups is 1. The number of nitrogens with one attached hydrogen (secondary N) is 2. The van der Waals surface area contributed by atoms with Gasteiger partial charge in [-0.3, -0.25) is 9.59 Å². The summed E-state index contributed by atoms with van der Waals surface area (Å²) in [5.41, 5.74) is -0.351. The number of pyridine rings is 1. The van der Waals surface area contributed by atoms with Gasteiger partial charge in [0.25, 0.3) is 11.8 Å². The minimum Gasteiger partial charge on any atom is -0.433 e. The minimum absolute atomic E-state index is 0.0260. The number of carbonyl (C=O) groups excluding carboxylic acids is 2. The van der Waals surface area contributed by atoms with Crippen LogP contribution in [0.25, 0.3) is 0 Å². The fourth-order valence-corrected chi connectivity index (χ4v) is 7.30. The van der Waals surface area contributed by atoms with Crippen molar-refractivity contribution >= 4 is 45.9 Å². The van der Waals surface area contributed by atoms with Crippen LogP contribution in [0.15, 0.2) is 59.0 Å². The van der Waals surface area contributed by atoms with E-state index in [9.17, 15) is 18.4 Å². The number of hydrogen-bond acceptors (Lipinski definition) is 9. The molecule has 1 saturated heterocycles. The third-order valence-corrected chi connectivity index (χ3v) is 9.49. The van der Waals surface area contributed by atoms with Crippen LogP contribution in [0.4, 0.5) is 14.6 Å². The number of rotatable bonds is 6. The van der Waals surface area contributed by atoms with Gasteiger partial charge >= 0.3 is 6.61 Å². The maximum absolute atomic E-state index is 12.9. The SMILES string of the molecule is O=C(NC1=N[C@@]2(c3nc(NC(=O)c4ccc(OC(F)F)cn4)cs3)COC3(CCC3)C[C@H]2CS1)c1ccccc1. The number of anilines is 1. The standard InChI is InChI=1S/C27H25F2N5O4S2/c28-24(29)38-18-7-8-19(30-12-18)22(36)31-20-14-39-23(32-20)27-15-37-26(9-4-10-26)11-17(27)13-40-25(34-27)33-21(35)16-5-2-1-3-6-16/h1-3,5-8,12,14,17,24H,4,9-11,13,15H2,(H,31,36)(H,33,34,35)/t17-,27-/m0/s1. The number of ether oxygens (including phenoxy) is 2. The largest absolute Gasteiger partial charge is 0.433 e. The van der Waals surface area contributed by atoms with Crippen molar-refractivity contribution < 1.29 is 27.8 Å². The van der Waals surface area contributed by atoms with Crippen molar-refractivity contribution in [1.29, 1.82) is 0 Å². The highest BCUT2D eigenvalue weighted by molar-refractivity contribution is 8.13. The molecule has 3 aliphatic rings. The number of thioether (sulfide) groups is 1. The summed E-state index contributed by atoms with van der Waals surface area (Å²) in [5.74, 6) is 0.288. The van der Waals surface area contributed by atoms with Crippen molar-refractivity contribution in [3.8, 4) is 5.75 Å². The normalized spacial score (nSPS) is 23.1. The Morgan fingerprint density at radius 2 is 1.93 bits per heavy atom. The fraction of sp³-hybridized carbons (Fsp3) is 0.370. The molecule has 6 rings (SSSR count). The number of fused-ring (bicyclic) bond motifs is 1. The summed E-state index contributed by atoms with van der Waals surface area (Å²) in [4.78, 5) is 39.3. The van der Waals surface area contributed by atoms with E-state index < -0.39 is 18.1 Å². The number of carbonyl (C=O) groups is 2. The van der Waals surface area contributed by atoms with Crippen LogP contribution in [0.3, 0.4) is 0 Å². The molecule has 9 nitrogen and oxygen atoms in total. The lowest BCUT2D eigenvalue weighted by atomic mass is 9.67. The summed E-state index contributed by atoms with van der Waals surface area (Å²) in [6.45, 7) is -2.65. The number of halogens is 2. The molecule has 0 bridgehead atoms. The number of hydrogen-bond donors (Lipinski definition) is 2. The van der Waals surface area contributed by atoms with Crippen LogP contribution in [-0.4, -0.2) is 51.5 Å². The maximum Gasteiger partial charge on any atom is 0.387 e. The first-order valence-electron chi connectivity index (χ1n) is 12.8. The number of nitrogens with zero attached hydrogens (tertiary/aromatic N) is 3. The molecular weight excluding hydrogens is 560 g/mol. The average Bonchev–Trinajstić information content (AvgIpc) is 3.41. The number of aliphatic imine (C=N–C) groups is 1. The Morgan fingerprint density at radius 3 is 2.62 bits per heavy atom. The van der Waals surface area contributed by atoms with Gasteiger partial charge in [-0.1, -0.05) is 30.0 Å². The highest BCUT2D eigenvalue weighted by Gasteiger charge is 2.56. The monoisotopic (exact) mass is 585 g/mol. The third-order valence-electron chi connectivity index (χ3n) is 7.45. The molecule has 2 aromatic heterocycles. The molecule has 1 saturated carbocycles. The summed E-state index contributed by atoms with van der Waals surface area (Å²) in [5, 5.41) is 8.58. The van der Waals surface area contributed by atoms with Crippen molar-refractivity contribution in [3.05, 3.63) is 70.3 Å². The topological polar surface area (TPSA) is 115 Å². The van der Waals surface area contributed by atoms with E-state index in [0.29, 0.717) is 28.2 Å². The lowest BCUT2D eigenvalue weighted by molar-refractivity contribution is -0.169. The van der Waals surface area contributed by atoms with Crippen molar-refractivity contribution in [2.24, 2.45) is 10.9 Å². The first kappa shape index (κ1) is 26.8. The Balaban J connectivity index is 1.23. The smallest absolute Gasteiger partial charge is 0.387 e. The van der Waals surface area contributed by atoms with Crippen molar-refractivity contribution in [1.82, 2.24) is 15.3 Å². The molecule has 1 spiro atoms. The summed E-state index contributed by atoms with van der Waals surface area (Å²) < 4.78 is 35.5. The van der Waals surface area contributed by atoms with E-state index in [2.05, 4.69) is 20.4 Å². The highest BCUT2D eigenvalue weighted by atomic mass is 32.2. The molecule has 208 valence electrons. The van der Waals surface area contributed by atoms with Gasteiger partial charge in [0.05, 0.1) is 18.4 Å². The van der Waals surface area contributed by atoms with Crippen LogP contribution in [-0.2, 0) is 10.3 Å². The second-order valence-electron chi connectivity index (χ2n) is 9.95. The lowest BCUT2D eigenvalue weighted by Crippen LogP contribution is -2.57. The van der Waals surface area contributed by atoms with Crippen LogP contribution in [0.1, 0.15) is 51.5 Å². The zero-order valence-corrected chi connectivity index (χ0v) is 22.8. The molecule has 1 aromatic carbocycles. The molecule has 1 aliphatic carbocycles. The molecule has 2 N–H and O–H groups in total. The van der Waals surface area contributed by atoms with Gasteiger partial charge in [0, 0.05) is 22.6 Å². The van der Waals surface area contributed by atoms with Gasteiger partial charge in [-0.25, -0.2) is 15.0 Å². The number of alkyl halides is 2. The second-order valence-corrected chi connectivity index (χ2v) is 11.8. The molecule has 40 heavy (non-hydrogen) atoms. The van der Waals surface area contributed by atoms with Crippen molar-refractivity contribution in [3.63, 3.8) is 0 Å². The third kappa shape index (κ3) is 5.32. The van der Waals surface area contributed by atoms with E-state index in [4.69, 9.17) is 14.7 Å². The van der Waals surface area contributed by atoms with Crippen LogP contribution in [0.5, 0.6) is 5.75 Å². The van der Waals surface area contributed by atoms with Gasteiger partial charge in [0.15, 0.2) is 5.17 Å². The molecule has 2 atom stereocenters. The van der Waals surface area contributed by atoms with Crippen LogP contribution in [0, 0.1) is 5.92 Å². The van der Waals surface area contributed by atoms with Crippen LogP contribution < -0.4 is 15.4 Å². The Morgan fingerprint density at radius 1 is 1.10 bits per heavy atom. The first-order chi connectivity index (χ1) is 19.3. The molecule has 2 aliphatic heterocycles. The summed E-state index contributed by atoms with van der Waals surface area (Å²) in [6.07, 6.45) is 5.11. The van der Waals surface area contributed by atoms with Crippen LogP contribution >= 0.6 is 23.1 Å². The second kappa shape index (κ2) is 10.9. The molecule has 13 heteroatoms. The average molecular weight is 586 g/mol. The van der Waals surface area contributed by atoms with Gasteiger partial charge in [-0.15, -0.1) is 11.3 Å². The summed E-state index contributed by atoms with van der Waals surface area (Å²) in [7, 11) is 0. The number of benzene rings is 1. The summed E-state index contributed by atoms with van der Waals surface area (Å²) in [6, 6.07) is 11.5. The Hall–Kier alpha value is -3.42. The Labute approximate surface area is 236 Å². The number of thiazole rings is 1. The maximum atomic E-state index is 12.9. The number of aromatic nitrogens is 2. The fourth-order valence-electron chi connectivity index (χ4n) is 5.20. The van der Waals surface area contributed by atoms with E-state index in [1.54, 1.807) is 17.5 Å². The zero-order chi connectivity index (χ0) is 27.7. The predicted molar refractivity (Wildman–Crippen MR) is 147 cm³/mol. The van der Waals surface area contributed by atoms with Gasteiger partial charge in [-0.05, 0) is 49.9 Å². The minimum atomic E-state index is -2.98. The molecule has 4 heterocycles. The summed E-state index contributed by atoms with van der Waals surface area (Å²) >= 11 is 2.89. The molecule has 2 amide bonds. The lowest BCUT2D eigenvalue weighted by Gasteiger charge is -2.54. The van der Waals surface area contributed by atoms with E-state index >= 15 is 0 Å². The zero-order valence-electron chi connectivity index (χ0n) is 21.1. The van der Waals surface area contributed by atoms with Crippen LogP contribution in [0.2, 0.25) is 0 Å². The van der Waals surface area contributed by atoms with E-state index in [1.807, 2.05) is 18.2 Å². The first-order valence-corrected chi connectivity index (χ1v) is 14.6. The van der Waals surface area contributed by atoms with Crippen molar-refractivity contribution in [2.45, 2.75) is 43.4 Å².